The van der Waals surface area contributed by atoms with Gasteiger partial charge in [0.2, 0.25) is 10.0 Å². The van der Waals surface area contributed by atoms with Crippen molar-refractivity contribution in [1.82, 2.24) is 4.72 Å². The molecule has 0 bridgehead atoms. The van der Waals surface area contributed by atoms with E-state index < -0.39 is 50.6 Å². The zero-order chi connectivity index (χ0) is 24.4. The Bertz CT molecular complexity index is 1160. The molecule has 2 aromatic rings. The lowest BCUT2D eigenvalue weighted by Gasteiger charge is -2.21. The van der Waals surface area contributed by atoms with Crippen LogP contribution in [0.4, 0.5) is 17.1 Å². The number of amides is 1. The average Bonchev–Trinajstić information content (AvgIpc) is 2.81. The number of carbonyl (C=O) groups excluding carboxylic acids is 2. The van der Waals surface area contributed by atoms with E-state index in [1.54, 1.807) is 30.3 Å². The van der Waals surface area contributed by atoms with Crippen molar-refractivity contribution >= 4 is 39.0 Å². The Labute approximate surface area is 190 Å². The average molecular weight is 475 g/mol. The second kappa shape index (κ2) is 11.6. The zero-order valence-corrected chi connectivity index (χ0v) is 18.4. The molecule has 174 valence electrons. The second-order valence-corrected chi connectivity index (χ2v) is 8.23. The molecule has 0 aliphatic rings. The number of ether oxygens (including phenoxy) is 1. The first-order valence-corrected chi connectivity index (χ1v) is 11.0. The molecule has 0 saturated heterocycles. The molecule has 0 aliphatic heterocycles. The fourth-order valence-electron chi connectivity index (χ4n) is 2.72. The van der Waals surface area contributed by atoms with Crippen LogP contribution in [0.1, 0.15) is 6.42 Å². The van der Waals surface area contributed by atoms with Crippen LogP contribution in [0.15, 0.2) is 53.4 Å². The van der Waals surface area contributed by atoms with Gasteiger partial charge in [0.1, 0.15) is 12.2 Å². The lowest BCUT2D eigenvalue weighted by Crippen LogP contribution is -2.37. The minimum absolute atomic E-state index is 0.0624. The van der Waals surface area contributed by atoms with Crippen molar-refractivity contribution in [3.63, 3.8) is 0 Å². The molecule has 0 fully saturated rings. The molecule has 0 aliphatic carbocycles. The van der Waals surface area contributed by atoms with Crippen LogP contribution in [-0.4, -0.2) is 52.0 Å². The van der Waals surface area contributed by atoms with Gasteiger partial charge >= 0.3 is 5.97 Å². The molecule has 0 unspecified atom stereocenters. The first-order chi connectivity index (χ1) is 15.7. The van der Waals surface area contributed by atoms with Crippen molar-refractivity contribution in [2.75, 3.05) is 37.0 Å². The summed E-state index contributed by atoms with van der Waals surface area (Å²) in [6, 6.07) is 13.6. The highest BCUT2D eigenvalue weighted by atomic mass is 32.2. The Morgan fingerprint density at radius 1 is 1.21 bits per heavy atom. The van der Waals surface area contributed by atoms with Crippen LogP contribution in [0.3, 0.4) is 0 Å². The number of hydrogen-bond donors (Lipinski definition) is 2. The van der Waals surface area contributed by atoms with Crippen molar-refractivity contribution < 1.29 is 27.7 Å². The molecule has 2 aromatic carbocycles. The van der Waals surface area contributed by atoms with Gasteiger partial charge in [0.25, 0.3) is 11.6 Å². The number of esters is 1. The van der Waals surface area contributed by atoms with Crippen molar-refractivity contribution in [1.29, 1.82) is 5.26 Å². The van der Waals surface area contributed by atoms with Crippen molar-refractivity contribution in [2.24, 2.45) is 0 Å². The Hall–Kier alpha value is -4.02. The number of anilines is 2. The first-order valence-electron chi connectivity index (χ1n) is 9.53. The van der Waals surface area contributed by atoms with Crippen LogP contribution in [0.5, 0.6) is 0 Å². The lowest BCUT2D eigenvalue weighted by molar-refractivity contribution is -0.384. The Balaban J connectivity index is 1.99. The monoisotopic (exact) mass is 475 g/mol. The van der Waals surface area contributed by atoms with Crippen LogP contribution < -0.4 is 14.9 Å². The van der Waals surface area contributed by atoms with Crippen molar-refractivity contribution in [3.8, 4) is 6.07 Å². The van der Waals surface area contributed by atoms with Crippen LogP contribution >= 0.6 is 0 Å². The summed E-state index contributed by atoms with van der Waals surface area (Å²) in [7, 11) is -2.81. The lowest BCUT2D eigenvalue weighted by atomic mass is 10.2. The molecule has 2 rings (SSSR count). The summed E-state index contributed by atoms with van der Waals surface area (Å²) in [6.45, 7) is -1.37. The summed E-state index contributed by atoms with van der Waals surface area (Å²) in [5.74, 6) is -1.62. The predicted octanol–water partition coefficient (Wildman–Crippen LogP) is 1.40. The highest BCUT2D eigenvalue weighted by molar-refractivity contribution is 7.89. The molecule has 0 saturated carbocycles. The largest absolute Gasteiger partial charge is 0.455 e. The fourth-order valence-corrected chi connectivity index (χ4v) is 3.71. The standard InChI is InChI=1S/C20H21N5O7S/c1-22-17-9-8-16(12-18(17)25(28)29)33(30,31)23-13-20(27)32-14-19(26)24(11-5-10-21)15-6-3-2-4-7-15/h2-4,6-9,12,22-23H,5,11,13-14H2,1H3. The maximum absolute atomic E-state index is 12.5. The number of para-hydroxylation sites is 1. The number of nitro groups is 1. The summed E-state index contributed by atoms with van der Waals surface area (Å²) in [5.41, 5.74) is 0.185. The smallest absolute Gasteiger partial charge is 0.321 e. The van der Waals surface area contributed by atoms with E-state index in [4.69, 9.17) is 10.00 Å². The Morgan fingerprint density at radius 2 is 1.91 bits per heavy atom. The fraction of sp³-hybridized carbons (Fsp3) is 0.250. The topological polar surface area (TPSA) is 172 Å². The van der Waals surface area contributed by atoms with Gasteiger partial charge < -0.3 is 15.0 Å². The van der Waals surface area contributed by atoms with Crippen LogP contribution in [0.2, 0.25) is 0 Å². The van der Waals surface area contributed by atoms with Gasteiger partial charge in [-0.1, -0.05) is 18.2 Å². The molecule has 1 amide bonds. The molecule has 0 atom stereocenters. The van der Waals surface area contributed by atoms with Gasteiger partial charge in [-0.15, -0.1) is 0 Å². The van der Waals surface area contributed by atoms with Gasteiger partial charge in [-0.25, -0.2) is 8.42 Å². The van der Waals surface area contributed by atoms with E-state index in [0.717, 1.165) is 12.1 Å². The quantitative estimate of drug-likeness (QED) is 0.277. The van der Waals surface area contributed by atoms with E-state index in [-0.39, 0.29) is 18.7 Å². The molecular weight excluding hydrogens is 454 g/mol. The molecule has 0 heterocycles. The van der Waals surface area contributed by atoms with Crippen LogP contribution in [0, 0.1) is 21.4 Å². The molecule has 0 radical (unpaired) electrons. The number of benzene rings is 2. The molecule has 33 heavy (non-hydrogen) atoms. The third kappa shape index (κ3) is 6.99. The van der Waals surface area contributed by atoms with E-state index in [1.165, 1.54) is 18.0 Å². The van der Waals surface area contributed by atoms with E-state index in [9.17, 15) is 28.1 Å². The molecular formula is C20H21N5O7S. The van der Waals surface area contributed by atoms with Crippen LogP contribution in [-0.2, 0) is 24.3 Å². The summed E-state index contributed by atoms with van der Waals surface area (Å²) >= 11 is 0. The number of nitrogens with zero attached hydrogens (tertiary/aromatic N) is 3. The minimum atomic E-state index is -4.26. The number of hydrogen-bond acceptors (Lipinski definition) is 9. The highest BCUT2D eigenvalue weighted by Gasteiger charge is 2.23. The number of rotatable bonds is 11. The van der Waals surface area contributed by atoms with Gasteiger partial charge in [0.05, 0.1) is 22.3 Å². The van der Waals surface area contributed by atoms with Gasteiger partial charge in [0, 0.05) is 25.3 Å². The van der Waals surface area contributed by atoms with Crippen LogP contribution in [0.25, 0.3) is 0 Å². The van der Waals surface area contributed by atoms with E-state index in [2.05, 4.69) is 5.32 Å². The second-order valence-electron chi connectivity index (χ2n) is 6.46. The Morgan fingerprint density at radius 3 is 2.52 bits per heavy atom. The highest BCUT2D eigenvalue weighted by Crippen LogP contribution is 2.27. The SMILES string of the molecule is CNc1ccc(S(=O)(=O)NCC(=O)OCC(=O)N(CCC#N)c2ccccc2)cc1[N+](=O)[O-]. The molecule has 13 heteroatoms. The maximum Gasteiger partial charge on any atom is 0.321 e. The first kappa shape index (κ1) is 25.2. The van der Waals surface area contributed by atoms with Gasteiger partial charge in [-0.05, 0) is 24.3 Å². The van der Waals surface area contributed by atoms with Gasteiger partial charge in [-0.2, -0.15) is 9.98 Å². The summed E-state index contributed by atoms with van der Waals surface area (Å²) in [4.78, 5) is 35.7. The number of nitriles is 1. The third-order valence-electron chi connectivity index (χ3n) is 4.32. The molecule has 0 spiro atoms. The molecule has 2 N–H and O–H groups in total. The summed E-state index contributed by atoms with van der Waals surface area (Å²) < 4.78 is 31.6. The molecule has 12 nitrogen and oxygen atoms in total. The number of nitro benzene ring substituents is 1. The van der Waals surface area contributed by atoms with E-state index in [0.29, 0.717) is 5.69 Å². The molecule has 0 aromatic heterocycles. The number of sulfonamides is 1. The number of carbonyl (C=O) groups is 2. The summed E-state index contributed by atoms with van der Waals surface area (Å²) in [6.07, 6.45) is 0.0624. The van der Waals surface area contributed by atoms with E-state index in [1.807, 2.05) is 10.8 Å². The van der Waals surface area contributed by atoms with Crippen molar-refractivity contribution in [2.45, 2.75) is 11.3 Å². The maximum atomic E-state index is 12.5. The third-order valence-corrected chi connectivity index (χ3v) is 5.72. The predicted molar refractivity (Wildman–Crippen MR) is 118 cm³/mol. The van der Waals surface area contributed by atoms with Crippen molar-refractivity contribution in [3.05, 3.63) is 58.6 Å². The minimum Gasteiger partial charge on any atom is -0.455 e. The number of nitrogens with one attached hydrogen (secondary N) is 2. The normalized spacial score (nSPS) is 10.7. The zero-order valence-electron chi connectivity index (χ0n) is 17.6. The van der Waals surface area contributed by atoms with E-state index >= 15 is 0 Å². The van der Waals surface area contributed by atoms with Gasteiger partial charge in [0.15, 0.2) is 6.61 Å². The summed E-state index contributed by atoms with van der Waals surface area (Å²) in [5, 5.41) is 22.5. The Kier molecular flexibility index (Phi) is 8.84. The van der Waals surface area contributed by atoms with Gasteiger partial charge in [-0.3, -0.25) is 19.7 Å².